The highest BCUT2D eigenvalue weighted by molar-refractivity contribution is 5.28. The molecule has 1 aromatic carbocycles. The van der Waals surface area contributed by atoms with Gasteiger partial charge in [-0.05, 0) is 24.6 Å². The lowest BCUT2D eigenvalue weighted by atomic mass is 10.1. The van der Waals surface area contributed by atoms with E-state index in [2.05, 4.69) is 14.9 Å². The first-order valence-electron chi connectivity index (χ1n) is 8.38. The second kappa shape index (κ2) is 8.24. The molecule has 1 fully saturated rings. The van der Waals surface area contributed by atoms with E-state index in [-0.39, 0.29) is 24.9 Å². The molecule has 3 rings (SSSR count). The molecule has 1 aliphatic heterocycles. The molecule has 0 spiro atoms. The van der Waals surface area contributed by atoms with Gasteiger partial charge in [-0.3, -0.25) is 9.69 Å². The van der Waals surface area contributed by atoms with Gasteiger partial charge in [0.2, 0.25) is 0 Å². The normalized spacial score (nSPS) is 18.2. The molecule has 1 aliphatic rings. The van der Waals surface area contributed by atoms with Gasteiger partial charge in [-0.25, -0.2) is 4.98 Å². The minimum Gasteiger partial charge on any atom is -0.491 e. The standard InChI is InChI=1S/C18H23N3O4/c1-13-19-16(10-18(23)20-13)17-12-21(5-7-25-17)11-14-3-2-4-15(9-14)24-8-6-22/h2-4,9-10,17,22H,5-8,11-12H2,1H3,(H,19,20,23)/t17-/m0/s1. The number of aliphatic hydroxyl groups is 1. The van der Waals surface area contributed by atoms with E-state index in [0.717, 1.165) is 24.4 Å². The van der Waals surface area contributed by atoms with E-state index in [4.69, 9.17) is 14.6 Å². The lowest BCUT2D eigenvalue weighted by Crippen LogP contribution is -2.38. The van der Waals surface area contributed by atoms with Crippen molar-refractivity contribution in [1.82, 2.24) is 14.9 Å². The highest BCUT2D eigenvalue weighted by Crippen LogP contribution is 2.22. The predicted molar refractivity (Wildman–Crippen MR) is 92.6 cm³/mol. The molecule has 134 valence electrons. The van der Waals surface area contributed by atoms with E-state index in [0.29, 0.717) is 24.7 Å². The van der Waals surface area contributed by atoms with Crippen LogP contribution in [0.2, 0.25) is 0 Å². The van der Waals surface area contributed by atoms with Gasteiger partial charge in [0.1, 0.15) is 24.3 Å². The number of benzene rings is 1. The summed E-state index contributed by atoms with van der Waals surface area (Å²) in [4.78, 5) is 21.0. The van der Waals surface area contributed by atoms with Crippen molar-refractivity contribution < 1.29 is 14.6 Å². The predicted octanol–water partition coefficient (Wildman–Crippen LogP) is 1.02. The Morgan fingerprint density at radius 2 is 2.32 bits per heavy atom. The summed E-state index contributed by atoms with van der Waals surface area (Å²) >= 11 is 0. The van der Waals surface area contributed by atoms with Crippen LogP contribution in [-0.2, 0) is 11.3 Å². The summed E-state index contributed by atoms with van der Waals surface area (Å²) in [5.41, 5.74) is 1.65. The summed E-state index contributed by atoms with van der Waals surface area (Å²) in [5, 5.41) is 8.86. The smallest absolute Gasteiger partial charge is 0.251 e. The summed E-state index contributed by atoms with van der Waals surface area (Å²) < 4.78 is 11.3. The van der Waals surface area contributed by atoms with E-state index in [1.807, 2.05) is 24.3 Å². The van der Waals surface area contributed by atoms with Crippen LogP contribution in [0.25, 0.3) is 0 Å². The molecule has 0 amide bonds. The van der Waals surface area contributed by atoms with E-state index in [1.54, 1.807) is 6.92 Å². The number of aliphatic hydroxyl groups excluding tert-OH is 1. The number of nitrogens with zero attached hydrogens (tertiary/aromatic N) is 2. The van der Waals surface area contributed by atoms with Gasteiger partial charge >= 0.3 is 0 Å². The van der Waals surface area contributed by atoms with Crippen LogP contribution in [0.3, 0.4) is 0 Å². The van der Waals surface area contributed by atoms with Crippen molar-refractivity contribution in [2.45, 2.75) is 19.6 Å². The zero-order chi connectivity index (χ0) is 17.6. The van der Waals surface area contributed by atoms with Gasteiger partial charge < -0.3 is 19.6 Å². The van der Waals surface area contributed by atoms with Crippen molar-refractivity contribution in [1.29, 1.82) is 0 Å². The monoisotopic (exact) mass is 345 g/mol. The lowest BCUT2D eigenvalue weighted by molar-refractivity contribution is -0.0351. The Bertz CT molecular complexity index is 762. The number of rotatable bonds is 6. The van der Waals surface area contributed by atoms with Gasteiger partial charge in [-0.1, -0.05) is 12.1 Å². The molecule has 0 aliphatic carbocycles. The highest BCUT2D eigenvalue weighted by Gasteiger charge is 2.23. The van der Waals surface area contributed by atoms with Gasteiger partial charge in [0.05, 0.1) is 18.9 Å². The maximum Gasteiger partial charge on any atom is 0.251 e. The molecular weight excluding hydrogens is 322 g/mol. The second-order valence-electron chi connectivity index (χ2n) is 6.07. The summed E-state index contributed by atoms with van der Waals surface area (Å²) in [6.07, 6.45) is -0.205. The highest BCUT2D eigenvalue weighted by atomic mass is 16.5. The third kappa shape index (κ3) is 4.88. The molecule has 7 heteroatoms. The summed E-state index contributed by atoms with van der Waals surface area (Å²) in [6.45, 7) is 4.91. The molecule has 7 nitrogen and oxygen atoms in total. The fourth-order valence-corrected chi connectivity index (χ4v) is 2.95. The van der Waals surface area contributed by atoms with Crippen molar-refractivity contribution in [3.8, 4) is 5.75 Å². The molecule has 0 saturated carbocycles. The Labute approximate surface area is 146 Å². The molecule has 0 unspecified atom stereocenters. The first-order valence-corrected chi connectivity index (χ1v) is 8.38. The third-order valence-electron chi connectivity index (χ3n) is 4.02. The Morgan fingerprint density at radius 1 is 1.44 bits per heavy atom. The van der Waals surface area contributed by atoms with Crippen LogP contribution in [0, 0.1) is 6.92 Å². The second-order valence-corrected chi connectivity index (χ2v) is 6.07. The quantitative estimate of drug-likeness (QED) is 0.813. The molecule has 1 saturated heterocycles. The largest absolute Gasteiger partial charge is 0.491 e. The minimum atomic E-state index is -0.205. The van der Waals surface area contributed by atoms with Gasteiger partial charge in [0.15, 0.2) is 0 Å². The number of morpholine rings is 1. The third-order valence-corrected chi connectivity index (χ3v) is 4.02. The molecule has 2 heterocycles. The maximum atomic E-state index is 11.7. The van der Waals surface area contributed by atoms with Crippen molar-refractivity contribution in [3.63, 3.8) is 0 Å². The van der Waals surface area contributed by atoms with Crippen LogP contribution in [0.1, 0.15) is 23.2 Å². The molecule has 2 aromatic rings. The fourth-order valence-electron chi connectivity index (χ4n) is 2.95. The Kier molecular flexibility index (Phi) is 5.80. The molecule has 25 heavy (non-hydrogen) atoms. The Hall–Kier alpha value is -2.22. The molecule has 1 aromatic heterocycles. The van der Waals surface area contributed by atoms with Crippen molar-refractivity contribution in [2.75, 3.05) is 32.9 Å². The van der Waals surface area contributed by atoms with Crippen molar-refractivity contribution >= 4 is 0 Å². The fraction of sp³-hybridized carbons (Fsp3) is 0.444. The zero-order valence-corrected chi connectivity index (χ0v) is 14.3. The van der Waals surface area contributed by atoms with E-state index >= 15 is 0 Å². The number of aromatic nitrogens is 2. The number of hydrogen-bond donors (Lipinski definition) is 2. The zero-order valence-electron chi connectivity index (χ0n) is 14.3. The first-order chi connectivity index (χ1) is 12.1. The number of aryl methyl sites for hydroxylation is 1. The molecular formula is C18H23N3O4. The number of nitrogens with one attached hydrogen (secondary N) is 1. The van der Waals surface area contributed by atoms with E-state index in [9.17, 15) is 4.79 Å². The molecule has 2 N–H and O–H groups in total. The maximum absolute atomic E-state index is 11.7. The first kappa shape index (κ1) is 17.6. The van der Waals surface area contributed by atoms with Crippen LogP contribution >= 0.6 is 0 Å². The van der Waals surface area contributed by atoms with Crippen molar-refractivity contribution in [2.24, 2.45) is 0 Å². The average Bonchev–Trinajstić information content (AvgIpc) is 2.60. The van der Waals surface area contributed by atoms with Crippen LogP contribution < -0.4 is 10.3 Å². The Balaban J connectivity index is 1.66. The van der Waals surface area contributed by atoms with Crippen molar-refractivity contribution in [3.05, 3.63) is 57.8 Å². The minimum absolute atomic E-state index is 0.00199. The summed E-state index contributed by atoms with van der Waals surface area (Å²) in [5.74, 6) is 1.35. The topological polar surface area (TPSA) is 87.7 Å². The molecule has 0 bridgehead atoms. The van der Waals surface area contributed by atoms with Crippen LogP contribution in [-0.4, -0.2) is 52.9 Å². The number of ether oxygens (including phenoxy) is 2. The summed E-state index contributed by atoms with van der Waals surface area (Å²) in [6, 6.07) is 9.36. The molecule has 0 radical (unpaired) electrons. The van der Waals surface area contributed by atoms with Crippen LogP contribution in [0.5, 0.6) is 5.75 Å². The number of H-pyrrole nitrogens is 1. The SMILES string of the molecule is Cc1nc([C@@H]2CN(Cc3cccc(OCCO)c3)CCO2)cc(=O)[nH]1. The van der Waals surface area contributed by atoms with Gasteiger partial charge in [0, 0.05) is 25.7 Å². The van der Waals surface area contributed by atoms with Gasteiger partial charge in [0.25, 0.3) is 5.56 Å². The van der Waals surface area contributed by atoms with E-state index < -0.39 is 0 Å². The van der Waals surface area contributed by atoms with Gasteiger partial charge in [-0.15, -0.1) is 0 Å². The Morgan fingerprint density at radius 3 is 3.12 bits per heavy atom. The number of aromatic amines is 1. The lowest BCUT2D eigenvalue weighted by Gasteiger charge is -2.32. The van der Waals surface area contributed by atoms with Crippen LogP contribution in [0.15, 0.2) is 35.1 Å². The van der Waals surface area contributed by atoms with Crippen LogP contribution in [0.4, 0.5) is 0 Å². The summed E-state index contributed by atoms with van der Waals surface area (Å²) in [7, 11) is 0. The van der Waals surface area contributed by atoms with Gasteiger partial charge in [-0.2, -0.15) is 0 Å². The average molecular weight is 345 g/mol. The van der Waals surface area contributed by atoms with E-state index in [1.165, 1.54) is 6.07 Å². The molecule has 1 atom stereocenters. The number of hydrogen-bond acceptors (Lipinski definition) is 6.